The van der Waals surface area contributed by atoms with Gasteiger partial charge in [0.2, 0.25) is 0 Å². The molecule has 0 aliphatic heterocycles. The molecule has 0 aromatic carbocycles. The topological polar surface area (TPSA) is 17.1 Å². The van der Waals surface area contributed by atoms with Crippen molar-refractivity contribution in [2.75, 3.05) is 0 Å². The SMILES string of the molecule is C[Si](C)C.C[Si](C)C.C[Si](C)C.C[Si](C)[Si](C)C.C[Si](C)[Si](C)C.O=[C]([Ge])C12CC3CC(CC(C3)C1)C2.[Ge]. The van der Waals surface area contributed by atoms with E-state index in [-0.39, 0.29) is 82.7 Å². The summed E-state index contributed by atoms with van der Waals surface area (Å²) < 4.78 is 0.492. The summed E-state index contributed by atoms with van der Waals surface area (Å²) in [6.07, 6.45) is 8.00. The predicted molar refractivity (Wildman–Crippen MR) is 197 cm³/mol. The fourth-order valence-electron chi connectivity index (χ4n) is 4.39. The van der Waals surface area contributed by atoms with Crippen molar-refractivity contribution in [1.29, 1.82) is 0 Å². The molecule has 0 N–H and O–H groups in total. The van der Waals surface area contributed by atoms with Gasteiger partial charge in [-0.15, -0.1) is 0 Å². The van der Waals surface area contributed by atoms with E-state index in [1.165, 1.54) is 38.5 Å². The molecular weight excluding hydrogens is 694 g/mol. The standard InChI is InChI=1S/C11H15GeO.2C4H12Si2.3C3H9Si.Ge/c12-10(13)11-4-7-1-8(5-11)3-9(2-7)6-11;2*1-5(2)6(3)4;3*1-4(2)3;/h7-9H,1-6H2;2*1-4H3;3*1-3H3;. The molecule has 0 spiro atoms. The zero-order valence-corrected chi connectivity index (χ0v) is 40.1. The monoisotopic (exact) mass is 762 g/mol. The van der Waals surface area contributed by atoms with Crippen LogP contribution in [0.1, 0.15) is 38.5 Å². The fourth-order valence-corrected chi connectivity index (χ4v) is 5.03. The minimum Gasteiger partial charge on any atom is 0 e. The molecule has 0 atom stereocenters. The van der Waals surface area contributed by atoms with Crippen molar-refractivity contribution in [3.05, 3.63) is 0 Å². The molecule has 4 fully saturated rings. The van der Waals surface area contributed by atoms with Crippen LogP contribution in [0, 0.1) is 23.2 Å². The normalized spacial score (nSPS) is 24.3. The number of hydrogen-bond donors (Lipinski definition) is 0. The Morgan fingerprint density at radius 2 is 0.658 bits per heavy atom. The van der Waals surface area contributed by atoms with Crippen molar-refractivity contribution < 1.29 is 4.79 Å². The van der Waals surface area contributed by atoms with E-state index in [0.29, 0.717) is 4.62 Å². The molecule has 14 radical (unpaired) electrons. The van der Waals surface area contributed by atoms with E-state index in [9.17, 15) is 4.79 Å². The van der Waals surface area contributed by atoms with E-state index < -0.39 is 0 Å². The zero-order chi connectivity index (χ0) is 30.1. The van der Waals surface area contributed by atoms with Crippen molar-refractivity contribution in [2.45, 2.75) is 150 Å². The molecule has 38 heavy (non-hydrogen) atoms. The molecule has 4 bridgehead atoms. The van der Waals surface area contributed by atoms with Crippen LogP contribution in [0.3, 0.4) is 0 Å². The van der Waals surface area contributed by atoms with Gasteiger partial charge < -0.3 is 0 Å². The van der Waals surface area contributed by atoms with Gasteiger partial charge in [-0.3, -0.25) is 0 Å². The third-order valence-corrected chi connectivity index (χ3v) is 23.6. The van der Waals surface area contributed by atoms with Crippen molar-refractivity contribution in [1.82, 2.24) is 0 Å². The van der Waals surface area contributed by atoms with Crippen LogP contribution < -0.4 is 0 Å². The van der Waals surface area contributed by atoms with Crippen LogP contribution >= 0.6 is 0 Å². The first kappa shape index (κ1) is 47.2. The van der Waals surface area contributed by atoms with Crippen molar-refractivity contribution >= 4 is 98.4 Å². The van der Waals surface area contributed by atoms with E-state index >= 15 is 0 Å². The van der Waals surface area contributed by atoms with Gasteiger partial charge in [0.15, 0.2) is 0 Å². The molecule has 220 valence electrons. The summed E-state index contributed by atoms with van der Waals surface area (Å²) >= 11 is 1.83. The van der Waals surface area contributed by atoms with Gasteiger partial charge in [0, 0.05) is 77.2 Å². The number of carbonyl (C=O) groups is 1. The Balaban J connectivity index is -0.000000200. The van der Waals surface area contributed by atoms with Gasteiger partial charge in [0.05, 0.1) is 0 Å². The minimum atomic E-state index is 0. The van der Waals surface area contributed by atoms with Gasteiger partial charge in [-0.05, 0) is 0 Å². The largest absolute Gasteiger partial charge is 0 e. The van der Waals surface area contributed by atoms with Gasteiger partial charge in [0.25, 0.3) is 0 Å². The maximum atomic E-state index is 11.7. The van der Waals surface area contributed by atoms with E-state index in [2.05, 4.69) is 111 Å². The molecule has 4 saturated carbocycles. The summed E-state index contributed by atoms with van der Waals surface area (Å²) in [5, 5.41) is 0. The average molecular weight is 761 g/mol. The summed E-state index contributed by atoms with van der Waals surface area (Å²) in [5.74, 6) is 2.74. The first-order valence-corrected chi connectivity index (χ1v) is 36.5. The van der Waals surface area contributed by atoms with E-state index in [0.717, 1.165) is 17.8 Å². The fraction of sp³-hybridized carbons (Fsp3) is 0.964. The minimum absolute atomic E-state index is 0. The smallest absolute Gasteiger partial charge is 0 e. The van der Waals surface area contributed by atoms with E-state index in [4.69, 9.17) is 0 Å². The summed E-state index contributed by atoms with van der Waals surface area (Å²) in [5.41, 5.74) is 0.161. The molecular formula is C28H66Ge2OSi7. The summed E-state index contributed by atoms with van der Waals surface area (Å²) in [7, 11) is 0.962. The average Bonchev–Trinajstić information content (AvgIpc) is 2.66. The Kier molecular flexibility index (Phi) is 32.0. The zero-order valence-electron chi connectivity index (χ0n) is 28.9. The van der Waals surface area contributed by atoms with Gasteiger partial charge in [-0.25, -0.2) is 0 Å². The van der Waals surface area contributed by atoms with Gasteiger partial charge in [-0.2, -0.15) is 0 Å². The molecule has 0 aromatic heterocycles. The van der Waals surface area contributed by atoms with Crippen LogP contribution in [0.2, 0.25) is 111 Å². The second kappa shape index (κ2) is 25.7. The first-order chi connectivity index (χ1) is 16.7. The predicted octanol–water partition coefficient (Wildman–Crippen LogP) is 8.78. The molecule has 0 amide bonds. The summed E-state index contributed by atoms with van der Waals surface area (Å²) in [6, 6.07) is 0. The molecule has 4 aliphatic carbocycles. The third kappa shape index (κ3) is 28.4. The molecule has 0 saturated heterocycles. The van der Waals surface area contributed by atoms with Gasteiger partial charge in [-0.1, -0.05) is 111 Å². The maximum Gasteiger partial charge on any atom is 0 e. The molecule has 0 aromatic rings. The first-order valence-electron chi connectivity index (χ1n) is 14.4. The quantitative estimate of drug-likeness (QED) is 0.263. The maximum absolute atomic E-state index is 11.7. The summed E-state index contributed by atoms with van der Waals surface area (Å²) in [4.78, 5) is 11.7. The van der Waals surface area contributed by atoms with Crippen LogP contribution in [-0.2, 0) is 4.79 Å². The molecule has 1 nitrogen and oxygen atoms in total. The van der Waals surface area contributed by atoms with E-state index in [1.54, 1.807) is 0 Å². The Morgan fingerprint density at radius 3 is 0.763 bits per heavy atom. The van der Waals surface area contributed by atoms with Crippen LogP contribution in [-0.4, -0.2) is 98.4 Å². The van der Waals surface area contributed by atoms with Gasteiger partial charge in [0.1, 0.15) is 0 Å². The Bertz CT molecular complexity index is 476. The second-order valence-corrected chi connectivity index (χ2v) is 44.0. The molecule has 0 unspecified atom stereocenters. The van der Waals surface area contributed by atoms with Crippen LogP contribution in [0.5, 0.6) is 0 Å². The Hall–Kier alpha value is 2.27. The third-order valence-electron chi connectivity index (χ3n) is 6.52. The molecule has 4 aliphatic rings. The molecule has 4 rings (SSSR count). The number of carbonyl (C=O) groups excluding carboxylic acids is 1. The number of rotatable bonds is 3. The van der Waals surface area contributed by atoms with Crippen molar-refractivity contribution in [3.8, 4) is 0 Å². The number of hydrogen-bond acceptors (Lipinski definition) is 1. The van der Waals surface area contributed by atoms with Crippen LogP contribution in [0.15, 0.2) is 0 Å². The van der Waals surface area contributed by atoms with Crippen LogP contribution in [0.4, 0.5) is 0 Å². The van der Waals surface area contributed by atoms with Crippen molar-refractivity contribution in [3.63, 3.8) is 0 Å². The molecule has 10 heteroatoms. The van der Waals surface area contributed by atoms with E-state index in [1.807, 2.05) is 16.5 Å². The summed E-state index contributed by atoms with van der Waals surface area (Å²) in [6.45, 7) is 39.5. The second-order valence-electron chi connectivity index (χ2n) is 14.0. The molecule has 0 heterocycles. The van der Waals surface area contributed by atoms with Gasteiger partial charge >= 0.3 is 87.6 Å². The Labute approximate surface area is 274 Å². The van der Waals surface area contributed by atoms with Crippen LogP contribution in [0.25, 0.3) is 0 Å². The Morgan fingerprint density at radius 1 is 0.500 bits per heavy atom. The van der Waals surface area contributed by atoms with Crippen molar-refractivity contribution in [2.24, 2.45) is 23.2 Å².